The van der Waals surface area contributed by atoms with Crippen molar-refractivity contribution in [1.82, 2.24) is 5.32 Å². The smallest absolute Gasteiger partial charge is 0.387 e. The van der Waals surface area contributed by atoms with Crippen LogP contribution < -0.4 is 5.32 Å². The van der Waals surface area contributed by atoms with E-state index in [0.29, 0.717) is 17.4 Å². The van der Waals surface area contributed by atoms with Crippen molar-refractivity contribution in [2.75, 3.05) is 40.9 Å². The fourth-order valence-electron chi connectivity index (χ4n) is 5.87. The molecule has 0 fully saturated rings. The van der Waals surface area contributed by atoms with Gasteiger partial charge in [-0.15, -0.1) is 0 Å². The van der Waals surface area contributed by atoms with Crippen LogP contribution in [-0.2, 0) is 18.4 Å². The number of quaternary nitrogens is 1. The van der Waals surface area contributed by atoms with E-state index >= 15 is 0 Å². The molecule has 0 aliphatic carbocycles. The third-order valence-corrected chi connectivity index (χ3v) is 10.4. The van der Waals surface area contributed by atoms with Crippen LogP contribution >= 0.6 is 7.82 Å². The number of unbranched alkanes of at least 4 members (excludes halogenated alkanes) is 16. The highest BCUT2D eigenvalue weighted by Crippen LogP contribution is 2.43. The maximum Gasteiger partial charge on any atom is 0.472 e. The summed E-state index contributed by atoms with van der Waals surface area (Å²) < 4.78 is 23.5. The van der Waals surface area contributed by atoms with Crippen molar-refractivity contribution in [3.8, 4) is 0 Å². The van der Waals surface area contributed by atoms with Crippen LogP contribution in [0.2, 0.25) is 0 Å². The Kier molecular flexibility index (Phi) is 37.0. The Hall–Kier alpha value is -2.06. The number of hydrogen-bond donors (Lipinski definition) is 3. The summed E-state index contributed by atoms with van der Waals surface area (Å²) in [4.78, 5) is 23.1. The standard InChI is InChI=1S/C47H85N2O6P/c1-6-8-10-12-14-16-18-19-20-21-22-23-24-25-26-27-28-29-31-33-35-37-39-41-47(51)48-45(44-55-56(52,53)54-43-42-49(3,4)5)46(50)40-38-36-34-32-30-17-15-13-11-9-7-2/h8,10,14,16,19-20,22-23,30,32,38,40,45-46,50H,6-7,9,11-13,15,17-18,21,24-29,31,33-37,39,41-44H2,1-5H3,(H-,48,51,52,53)/p+1/b10-8-,16-14-,20-19-,23-22-,32-30+,40-38+. The van der Waals surface area contributed by atoms with Gasteiger partial charge in [0.25, 0.3) is 0 Å². The number of nitrogens with one attached hydrogen (secondary N) is 1. The number of carbonyl (C=O) groups is 1. The third kappa shape index (κ3) is 40.1. The number of phosphoric ester groups is 1. The summed E-state index contributed by atoms with van der Waals surface area (Å²) in [5.41, 5.74) is 0. The van der Waals surface area contributed by atoms with Crippen molar-refractivity contribution in [1.29, 1.82) is 0 Å². The molecule has 8 nitrogen and oxygen atoms in total. The van der Waals surface area contributed by atoms with Crippen LogP contribution in [0, 0.1) is 0 Å². The van der Waals surface area contributed by atoms with Crippen LogP contribution in [0.3, 0.4) is 0 Å². The molecule has 9 heteroatoms. The normalized spacial score (nSPS) is 15.1. The predicted octanol–water partition coefficient (Wildman–Crippen LogP) is 12.4. The van der Waals surface area contributed by atoms with Crippen molar-refractivity contribution in [2.24, 2.45) is 0 Å². The zero-order valence-electron chi connectivity index (χ0n) is 36.6. The number of amides is 1. The van der Waals surface area contributed by atoms with Crippen molar-refractivity contribution in [3.63, 3.8) is 0 Å². The van der Waals surface area contributed by atoms with Crippen LogP contribution in [-0.4, -0.2) is 73.4 Å². The van der Waals surface area contributed by atoms with Crippen molar-refractivity contribution < 1.29 is 32.9 Å². The number of allylic oxidation sites excluding steroid dienone is 11. The molecule has 0 radical (unpaired) electrons. The molecule has 0 saturated heterocycles. The van der Waals surface area contributed by atoms with E-state index in [2.05, 4.69) is 79.9 Å². The van der Waals surface area contributed by atoms with Crippen LogP contribution in [0.25, 0.3) is 0 Å². The zero-order chi connectivity index (χ0) is 41.4. The summed E-state index contributed by atoms with van der Waals surface area (Å²) in [6.07, 6.45) is 51.2. The first-order valence-electron chi connectivity index (χ1n) is 22.3. The second kappa shape index (κ2) is 38.5. The lowest BCUT2D eigenvalue weighted by Crippen LogP contribution is -2.45. The summed E-state index contributed by atoms with van der Waals surface area (Å²) in [6, 6.07) is -0.867. The van der Waals surface area contributed by atoms with E-state index in [1.54, 1.807) is 6.08 Å². The zero-order valence-corrected chi connectivity index (χ0v) is 37.5. The van der Waals surface area contributed by atoms with Gasteiger partial charge in [-0.05, 0) is 70.6 Å². The molecule has 3 atom stereocenters. The molecule has 0 aliphatic heterocycles. The fraction of sp³-hybridized carbons (Fsp3) is 0.723. The molecular formula is C47H86N2O6P+. The Labute approximate surface area is 344 Å². The van der Waals surface area contributed by atoms with Crippen LogP contribution in [0.5, 0.6) is 0 Å². The van der Waals surface area contributed by atoms with E-state index in [-0.39, 0.29) is 19.1 Å². The van der Waals surface area contributed by atoms with Gasteiger partial charge >= 0.3 is 7.82 Å². The van der Waals surface area contributed by atoms with E-state index in [0.717, 1.165) is 64.2 Å². The molecule has 0 aliphatic rings. The van der Waals surface area contributed by atoms with E-state index < -0.39 is 20.0 Å². The minimum Gasteiger partial charge on any atom is -0.387 e. The molecule has 3 unspecified atom stereocenters. The van der Waals surface area contributed by atoms with Gasteiger partial charge in [0.15, 0.2) is 0 Å². The Morgan fingerprint density at radius 2 is 1.09 bits per heavy atom. The van der Waals surface area contributed by atoms with Gasteiger partial charge in [-0.25, -0.2) is 4.57 Å². The van der Waals surface area contributed by atoms with Gasteiger partial charge in [-0.2, -0.15) is 0 Å². The summed E-state index contributed by atoms with van der Waals surface area (Å²) >= 11 is 0. The highest BCUT2D eigenvalue weighted by Gasteiger charge is 2.27. The number of nitrogens with zero attached hydrogens (tertiary/aromatic N) is 1. The average molecular weight is 806 g/mol. The molecule has 0 bridgehead atoms. The maximum absolute atomic E-state index is 12.9. The van der Waals surface area contributed by atoms with E-state index in [1.165, 1.54) is 83.5 Å². The van der Waals surface area contributed by atoms with E-state index in [9.17, 15) is 19.4 Å². The lowest BCUT2D eigenvalue weighted by atomic mass is 10.0. The van der Waals surface area contributed by atoms with Crippen molar-refractivity contribution in [2.45, 2.75) is 180 Å². The first kappa shape index (κ1) is 53.9. The highest BCUT2D eigenvalue weighted by molar-refractivity contribution is 7.47. The highest BCUT2D eigenvalue weighted by atomic mass is 31.2. The van der Waals surface area contributed by atoms with Gasteiger partial charge in [-0.1, -0.05) is 164 Å². The molecule has 56 heavy (non-hydrogen) atoms. The Morgan fingerprint density at radius 3 is 1.64 bits per heavy atom. The lowest BCUT2D eigenvalue weighted by Gasteiger charge is -2.25. The summed E-state index contributed by atoms with van der Waals surface area (Å²) in [6.45, 7) is 4.63. The summed E-state index contributed by atoms with van der Waals surface area (Å²) in [5.74, 6) is -0.197. The molecule has 3 N–H and O–H groups in total. The number of rotatable bonds is 39. The number of likely N-dealkylation sites (N-methyl/N-ethyl adjacent to an activating group) is 1. The molecule has 0 aromatic carbocycles. The minimum absolute atomic E-state index is 0.0519. The van der Waals surface area contributed by atoms with Gasteiger partial charge in [0.1, 0.15) is 13.2 Å². The van der Waals surface area contributed by atoms with Crippen LogP contribution in [0.1, 0.15) is 168 Å². The second-order valence-corrected chi connectivity index (χ2v) is 17.5. The number of phosphoric acid groups is 1. The number of aliphatic hydroxyl groups is 1. The largest absolute Gasteiger partial charge is 0.472 e. The van der Waals surface area contributed by atoms with Crippen LogP contribution in [0.15, 0.2) is 72.9 Å². The monoisotopic (exact) mass is 806 g/mol. The van der Waals surface area contributed by atoms with Crippen molar-refractivity contribution >= 4 is 13.7 Å². The van der Waals surface area contributed by atoms with Gasteiger partial charge < -0.3 is 19.8 Å². The van der Waals surface area contributed by atoms with E-state index in [1.807, 2.05) is 27.2 Å². The Balaban J connectivity index is 4.34. The lowest BCUT2D eigenvalue weighted by molar-refractivity contribution is -0.870. The van der Waals surface area contributed by atoms with Gasteiger partial charge in [0.2, 0.25) is 5.91 Å². The van der Waals surface area contributed by atoms with Gasteiger partial charge in [0.05, 0.1) is 39.9 Å². The topological polar surface area (TPSA) is 105 Å². The molecule has 0 heterocycles. The molecular weight excluding hydrogens is 719 g/mol. The minimum atomic E-state index is -4.35. The molecule has 0 aromatic heterocycles. The number of hydrogen-bond acceptors (Lipinski definition) is 5. The second-order valence-electron chi connectivity index (χ2n) is 16.0. The molecule has 1 amide bonds. The van der Waals surface area contributed by atoms with E-state index in [4.69, 9.17) is 9.05 Å². The number of carbonyl (C=O) groups excluding carboxylic acids is 1. The van der Waals surface area contributed by atoms with Crippen LogP contribution in [0.4, 0.5) is 0 Å². The molecule has 0 spiro atoms. The predicted molar refractivity (Wildman–Crippen MR) is 240 cm³/mol. The first-order valence-corrected chi connectivity index (χ1v) is 23.8. The third-order valence-electron chi connectivity index (χ3n) is 9.41. The first-order chi connectivity index (χ1) is 27.0. The molecule has 0 saturated carbocycles. The Bertz CT molecular complexity index is 1140. The van der Waals surface area contributed by atoms with Gasteiger partial charge in [-0.3, -0.25) is 13.8 Å². The fourth-order valence-corrected chi connectivity index (χ4v) is 6.61. The SMILES string of the molecule is CC/C=C\C/C=C\C/C=C\C/C=C\CCCCCCCCCCCCC(=O)NC(COP(=O)(O)OCC[N+](C)(C)C)C(O)/C=C/CC/C=C/CCCCCCC. The molecule has 0 rings (SSSR count). The number of aliphatic hydroxyl groups excluding tert-OH is 1. The summed E-state index contributed by atoms with van der Waals surface area (Å²) in [5, 5.41) is 13.8. The Morgan fingerprint density at radius 1 is 0.625 bits per heavy atom. The summed E-state index contributed by atoms with van der Waals surface area (Å²) in [7, 11) is 1.54. The van der Waals surface area contributed by atoms with Gasteiger partial charge in [0, 0.05) is 6.42 Å². The van der Waals surface area contributed by atoms with Crippen molar-refractivity contribution in [3.05, 3.63) is 72.9 Å². The maximum atomic E-state index is 12.9. The molecule has 0 aromatic rings. The quantitative estimate of drug-likeness (QED) is 0.0247. The molecule has 324 valence electrons. The average Bonchev–Trinajstić information content (AvgIpc) is 3.15.